The van der Waals surface area contributed by atoms with E-state index in [-0.39, 0.29) is 0 Å². The summed E-state index contributed by atoms with van der Waals surface area (Å²) in [6.45, 7) is 0.795. The molecule has 0 heterocycles. The average Bonchev–Trinajstić information content (AvgIpc) is 3.08. The smallest absolute Gasteiger partial charge is 0.241 e. The molecule has 84 valence electrons. The Kier molecular flexibility index (Phi) is 3.25. The van der Waals surface area contributed by atoms with E-state index in [1.807, 2.05) is 24.3 Å². The highest BCUT2D eigenvalue weighted by Crippen LogP contribution is 2.29. The van der Waals surface area contributed by atoms with Crippen LogP contribution in [0.15, 0.2) is 30.3 Å². The van der Waals surface area contributed by atoms with Crippen LogP contribution in [0.25, 0.3) is 6.08 Å². The Balaban J connectivity index is 1.97. The number of carbonyl (C=O) groups excluding carboxylic acids is 1. The molecule has 16 heavy (non-hydrogen) atoms. The van der Waals surface area contributed by atoms with Crippen molar-refractivity contribution in [3.05, 3.63) is 35.9 Å². The van der Waals surface area contributed by atoms with E-state index in [1.54, 1.807) is 6.08 Å². The van der Waals surface area contributed by atoms with E-state index in [1.165, 1.54) is 18.9 Å². The minimum Gasteiger partial charge on any atom is -0.493 e. The molecule has 1 saturated carbocycles. The van der Waals surface area contributed by atoms with Gasteiger partial charge in [0.1, 0.15) is 5.75 Å². The lowest BCUT2D eigenvalue weighted by atomic mass is 10.2. The summed E-state index contributed by atoms with van der Waals surface area (Å²) >= 11 is 0. The summed E-state index contributed by atoms with van der Waals surface area (Å²) in [5.41, 5.74) is 5.95. The van der Waals surface area contributed by atoms with Gasteiger partial charge < -0.3 is 10.5 Å². The van der Waals surface area contributed by atoms with Gasteiger partial charge in [-0.05, 0) is 42.5 Å². The summed E-state index contributed by atoms with van der Waals surface area (Å²) in [6.07, 6.45) is 5.59. The maximum Gasteiger partial charge on any atom is 0.241 e. The molecule has 0 radical (unpaired) electrons. The molecule has 0 unspecified atom stereocenters. The molecule has 1 aliphatic carbocycles. The third-order valence-corrected chi connectivity index (χ3v) is 2.48. The molecule has 0 aliphatic heterocycles. The van der Waals surface area contributed by atoms with E-state index in [9.17, 15) is 4.79 Å². The lowest BCUT2D eigenvalue weighted by molar-refractivity contribution is -0.113. The monoisotopic (exact) mass is 217 g/mol. The van der Waals surface area contributed by atoms with Gasteiger partial charge in [-0.3, -0.25) is 4.79 Å². The molecule has 1 aromatic carbocycles. The van der Waals surface area contributed by atoms with Crippen molar-refractivity contribution < 1.29 is 9.53 Å². The molecule has 1 amide bonds. The van der Waals surface area contributed by atoms with E-state index in [0.717, 1.165) is 23.8 Å². The second-order valence-electron chi connectivity index (χ2n) is 4.06. The Bertz CT molecular complexity index is 408. The number of primary amides is 1. The van der Waals surface area contributed by atoms with E-state index in [0.29, 0.717) is 0 Å². The van der Waals surface area contributed by atoms with E-state index >= 15 is 0 Å². The van der Waals surface area contributed by atoms with Crippen molar-refractivity contribution in [1.82, 2.24) is 0 Å². The summed E-state index contributed by atoms with van der Waals surface area (Å²) in [5, 5.41) is 0. The lowest BCUT2D eigenvalue weighted by Gasteiger charge is -2.05. The van der Waals surface area contributed by atoms with Gasteiger partial charge in [0.15, 0.2) is 0 Å². The minimum absolute atomic E-state index is 0.440. The fourth-order valence-electron chi connectivity index (χ4n) is 1.38. The normalized spacial score (nSPS) is 15.2. The van der Waals surface area contributed by atoms with Crippen LogP contribution in [0.3, 0.4) is 0 Å². The fraction of sp³-hybridized carbons (Fsp3) is 0.308. The van der Waals surface area contributed by atoms with Crippen molar-refractivity contribution in [2.24, 2.45) is 11.7 Å². The highest BCUT2D eigenvalue weighted by atomic mass is 16.5. The van der Waals surface area contributed by atoms with Gasteiger partial charge in [0.2, 0.25) is 5.91 Å². The number of rotatable bonds is 5. The number of carbonyl (C=O) groups is 1. The minimum atomic E-state index is -0.440. The topological polar surface area (TPSA) is 52.3 Å². The first-order chi connectivity index (χ1) is 7.74. The molecule has 0 spiro atoms. The van der Waals surface area contributed by atoms with Crippen molar-refractivity contribution in [1.29, 1.82) is 0 Å². The second kappa shape index (κ2) is 4.84. The highest BCUT2D eigenvalue weighted by molar-refractivity contribution is 5.90. The number of hydrogen-bond donors (Lipinski definition) is 1. The number of amides is 1. The average molecular weight is 217 g/mol. The van der Waals surface area contributed by atoms with Gasteiger partial charge in [-0.15, -0.1) is 0 Å². The zero-order valence-corrected chi connectivity index (χ0v) is 9.06. The van der Waals surface area contributed by atoms with E-state index < -0.39 is 5.91 Å². The van der Waals surface area contributed by atoms with Crippen LogP contribution in [-0.2, 0) is 4.79 Å². The third kappa shape index (κ3) is 3.42. The Morgan fingerprint density at radius 2 is 2.31 bits per heavy atom. The van der Waals surface area contributed by atoms with Gasteiger partial charge in [0.05, 0.1) is 6.61 Å². The van der Waals surface area contributed by atoms with Gasteiger partial charge in [-0.2, -0.15) is 0 Å². The predicted octanol–water partition coefficient (Wildman–Crippen LogP) is 1.97. The lowest BCUT2D eigenvalue weighted by Crippen LogP contribution is -2.05. The molecular formula is C13H15NO2. The molecule has 0 aromatic heterocycles. The van der Waals surface area contributed by atoms with Gasteiger partial charge in [0.25, 0.3) is 0 Å². The van der Waals surface area contributed by atoms with Gasteiger partial charge in [-0.1, -0.05) is 12.1 Å². The molecule has 1 aliphatic rings. The SMILES string of the molecule is NC(=O)/C=C\c1cccc(OCC2CC2)c1. The zero-order chi connectivity index (χ0) is 11.4. The largest absolute Gasteiger partial charge is 0.493 e. The van der Waals surface area contributed by atoms with Crippen LogP contribution >= 0.6 is 0 Å². The Labute approximate surface area is 94.9 Å². The van der Waals surface area contributed by atoms with Crippen LogP contribution in [-0.4, -0.2) is 12.5 Å². The predicted molar refractivity (Wildman–Crippen MR) is 62.9 cm³/mol. The molecule has 1 fully saturated rings. The van der Waals surface area contributed by atoms with E-state index in [2.05, 4.69) is 0 Å². The quantitative estimate of drug-likeness (QED) is 0.767. The molecule has 0 bridgehead atoms. The number of hydrogen-bond acceptors (Lipinski definition) is 2. The van der Waals surface area contributed by atoms with Crippen LogP contribution in [0.5, 0.6) is 5.75 Å². The van der Waals surface area contributed by atoms with Crippen molar-refractivity contribution in [3.63, 3.8) is 0 Å². The maximum absolute atomic E-state index is 10.6. The Hall–Kier alpha value is -1.77. The molecule has 1 aromatic rings. The van der Waals surface area contributed by atoms with Crippen molar-refractivity contribution in [3.8, 4) is 5.75 Å². The Morgan fingerprint density at radius 1 is 1.50 bits per heavy atom. The van der Waals surface area contributed by atoms with E-state index in [4.69, 9.17) is 10.5 Å². The molecule has 2 rings (SSSR count). The van der Waals surface area contributed by atoms with Gasteiger partial charge in [0, 0.05) is 6.08 Å². The summed E-state index contributed by atoms with van der Waals surface area (Å²) in [6, 6.07) is 7.64. The molecule has 3 heteroatoms. The van der Waals surface area contributed by atoms with Gasteiger partial charge >= 0.3 is 0 Å². The van der Waals surface area contributed by atoms with Crippen LogP contribution in [0.2, 0.25) is 0 Å². The first-order valence-electron chi connectivity index (χ1n) is 5.44. The summed E-state index contributed by atoms with van der Waals surface area (Å²) in [7, 11) is 0. The van der Waals surface area contributed by atoms with Crippen LogP contribution in [0.1, 0.15) is 18.4 Å². The number of benzene rings is 1. The highest BCUT2D eigenvalue weighted by Gasteiger charge is 2.21. The Morgan fingerprint density at radius 3 is 3.00 bits per heavy atom. The van der Waals surface area contributed by atoms with Crippen LogP contribution in [0, 0.1) is 5.92 Å². The second-order valence-corrected chi connectivity index (χ2v) is 4.06. The van der Waals surface area contributed by atoms with Crippen molar-refractivity contribution in [2.45, 2.75) is 12.8 Å². The van der Waals surface area contributed by atoms with Crippen molar-refractivity contribution in [2.75, 3.05) is 6.61 Å². The van der Waals surface area contributed by atoms with Crippen LogP contribution in [0.4, 0.5) is 0 Å². The molecule has 3 nitrogen and oxygen atoms in total. The summed E-state index contributed by atoms with van der Waals surface area (Å²) < 4.78 is 5.63. The first kappa shape index (κ1) is 10.7. The van der Waals surface area contributed by atoms with Crippen molar-refractivity contribution >= 4 is 12.0 Å². The third-order valence-electron chi connectivity index (χ3n) is 2.48. The maximum atomic E-state index is 10.6. The molecule has 0 atom stereocenters. The number of nitrogens with two attached hydrogens (primary N) is 1. The first-order valence-corrected chi connectivity index (χ1v) is 5.44. The number of ether oxygens (including phenoxy) is 1. The van der Waals surface area contributed by atoms with Crippen LogP contribution < -0.4 is 10.5 Å². The zero-order valence-electron chi connectivity index (χ0n) is 9.06. The standard InChI is InChI=1S/C13H15NO2/c14-13(15)7-6-10-2-1-3-12(8-10)16-9-11-4-5-11/h1-3,6-8,11H,4-5,9H2,(H2,14,15)/b7-6-. The molecule has 0 saturated heterocycles. The molecular weight excluding hydrogens is 202 g/mol. The summed E-state index contributed by atoms with van der Waals surface area (Å²) in [4.78, 5) is 10.6. The molecule has 2 N–H and O–H groups in total. The fourth-order valence-corrected chi connectivity index (χ4v) is 1.38. The van der Waals surface area contributed by atoms with Gasteiger partial charge in [-0.25, -0.2) is 0 Å². The summed E-state index contributed by atoms with van der Waals surface area (Å²) in [5.74, 6) is 1.15.